The summed E-state index contributed by atoms with van der Waals surface area (Å²) in [6.07, 6.45) is 11.4. The molecule has 0 radical (unpaired) electrons. The van der Waals surface area contributed by atoms with Crippen LogP contribution in [0.1, 0.15) is 132 Å². The van der Waals surface area contributed by atoms with Crippen LogP contribution in [0.15, 0.2) is 12.2 Å². The summed E-state index contributed by atoms with van der Waals surface area (Å²) in [4.78, 5) is 24.4. The van der Waals surface area contributed by atoms with Crippen molar-refractivity contribution in [1.29, 1.82) is 0 Å². The molecular weight excluding hydrogens is 524 g/mol. The molecule has 0 aromatic heterocycles. The number of aliphatic hydroxyl groups excluding tert-OH is 1. The zero-order valence-corrected chi connectivity index (χ0v) is 28.0. The van der Waals surface area contributed by atoms with Crippen LogP contribution in [0.5, 0.6) is 0 Å². The molecule has 5 rings (SSSR count). The van der Waals surface area contributed by atoms with Gasteiger partial charge < -0.3 is 14.9 Å². The highest BCUT2D eigenvalue weighted by Crippen LogP contribution is 2.77. The SMILES string of the molecule is C=C(C)[C@@H]1CC[C@]2(COC(=O)CC(C)(C)CC(=O)O)CC[C@]3(C)[C@H](CC[C@@H]4[C@@]5(C)CC[C@H](O)C(C)(C)[C@@H]5CC[C@]43C)[C@@H]12. The Bertz CT molecular complexity index is 1110. The molecule has 5 heteroatoms. The van der Waals surface area contributed by atoms with Crippen molar-refractivity contribution < 1.29 is 24.5 Å². The summed E-state index contributed by atoms with van der Waals surface area (Å²) < 4.78 is 6.11. The lowest BCUT2D eigenvalue weighted by molar-refractivity contribution is -0.250. The molecule has 5 saturated carbocycles. The Morgan fingerprint density at radius 1 is 0.857 bits per heavy atom. The number of hydrogen-bond donors (Lipinski definition) is 2. The maximum Gasteiger partial charge on any atom is 0.306 e. The quantitative estimate of drug-likeness (QED) is 0.232. The highest BCUT2D eigenvalue weighted by atomic mass is 16.5. The molecule has 5 aliphatic rings. The first-order chi connectivity index (χ1) is 19.3. The molecule has 0 aromatic carbocycles. The summed E-state index contributed by atoms with van der Waals surface area (Å²) in [5.41, 5.74) is 1.36. The number of hydrogen-bond acceptors (Lipinski definition) is 4. The normalized spacial score (nSPS) is 46.0. The number of carbonyl (C=O) groups is 2. The molecule has 5 nitrogen and oxygen atoms in total. The van der Waals surface area contributed by atoms with E-state index in [9.17, 15) is 19.8 Å². The fraction of sp³-hybridized carbons (Fsp3) is 0.892. The maximum atomic E-state index is 13.1. The first-order valence-electron chi connectivity index (χ1n) is 17.0. The van der Waals surface area contributed by atoms with Crippen LogP contribution >= 0.6 is 0 Å². The predicted molar refractivity (Wildman–Crippen MR) is 167 cm³/mol. The van der Waals surface area contributed by atoms with Crippen molar-refractivity contribution in [3.63, 3.8) is 0 Å². The van der Waals surface area contributed by atoms with Gasteiger partial charge in [-0.25, -0.2) is 0 Å². The number of aliphatic carboxylic acids is 1. The van der Waals surface area contributed by atoms with E-state index in [1.165, 1.54) is 37.7 Å². The molecule has 2 N–H and O–H groups in total. The van der Waals surface area contributed by atoms with Crippen LogP contribution in [0.2, 0.25) is 0 Å². The van der Waals surface area contributed by atoms with E-state index < -0.39 is 11.4 Å². The number of carboxylic acids is 1. The molecule has 0 saturated heterocycles. The van der Waals surface area contributed by atoms with E-state index in [-0.39, 0.29) is 52.0 Å². The van der Waals surface area contributed by atoms with E-state index in [4.69, 9.17) is 4.74 Å². The third kappa shape index (κ3) is 4.72. The second-order valence-corrected chi connectivity index (χ2v) is 18.0. The van der Waals surface area contributed by atoms with Crippen LogP contribution < -0.4 is 0 Å². The Morgan fingerprint density at radius 3 is 2.19 bits per heavy atom. The Labute approximate surface area is 255 Å². The van der Waals surface area contributed by atoms with Gasteiger partial charge in [-0.1, -0.05) is 60.6 Å². The van der Waals surface area contributed by atoms with Gasteiger partial charge in [-0.3, -0.25) is 9.59 Å². The van der Waals surface area contributed by atoms with Gasteiger partial charge in [-0.05, 0) is 128 Å². The van der Waals surface area contributed by atoms with Gasteiger partial charge in [0, 0.05) is 5.41 Å². The predicted octanol–water partition coefficient (Wildman–Crippen LogP) is 8.44. The van der Waals surface area contributed by atoms with E-state index in [0.29, 0.717) is 36.2 Å². The van der Waals surface area contributed by atoms with E-state index >= 15 is 0 Å². The van der Waals surface area contributed by atoms with Crippen LogP contribution in [-0.4, -0.2) is 34.9 Å². The Morgan fingerprint density at radius 2 is 1.55 bits per heavy atom. The topological polar surface area (TPSA) is 83.8 Å². The molecule has 10 atom stereocenters. The molecule has 0 spiro atoms. The molecule has 0 heterocycles. The second-order valence-electron chi connectivity index (χ2n) is 18.0. The van der Waals surface area contributed by atoms with Crippen LogP contribution in [0.3, 0.4) is 0 Å². The first kappa shape index (κ1) is 32.0. The zero-order valence-electron chi connectivity index (χ0n) is 28.0. The number of ether oxygens (including phenoxy) is 1. The fourth-order valence-corrected chi connectivity index (χ4v) is 12.7. The molecular formula is C37H60O5. The van der Waals surface area contributed by atoms with Crippen LogP contribution in [0.4, 0.5) is 0 Å². The van der Waals surface area contributed by atoms with Gasteiger partial charge in [-0.15, -0.1) is 0 Å². The van der Waals surface area contributed by atoms with Gasteiger partial charge in [0.2, 0.25) is 0 Å². The second kappa shape index (κ2) is 10.3. The zero-order chi connectivity index (χ0) is 31.1. The summed E-state index contributed by atoms with van der Waals surface area (Å²) in [5, 5.41) is 20.3. The van der Waals surface area contributed by atoms with Crippen molar-refractivity contribution in [2.75, 3.05) is 6.61 Å². The van der Waals surface area contributed by atoms with Gasteiger partial charge in [0.1, 0.15) is 0 Å². The summed E-state index contributed by atoms with van der Waals surface area (Å²) in [6, 6.07) is 0. The average molecular weight is 585 g/mol. The minimum Gasteiger partial charge on any atom is -0.481 e. The molecule has 42 heavy (non-hydrogen) atoms. The summed E-state index contributed by atoms with van der Waals surface area (Å²) in [6.45, 7) is 23.3. The number of rotatable bonds is 7. The molecule has 0 aliphatic heterocycles. The maximum absolute atomic E-state index is 13.1. The van der Waals surface area contributed by atoms with Gasteiger partial charge in [-0.2, -0.15) is 0 Å². The van der Waals surface area contributed by atoms with Crippen molar-refractivity contribution in [1.82, 2.24) is 0 Å². The fourth-order valence-electron chi connectivity index (χ4n) is 12.7. The minimum atomic E-state index is -0.877. The molecule has 5 aliphatic carbocycles. The molecule has 238 valence electrons. The lowest BCUT2D eigenvalue weighted by atomic mass is 9.32. The number of allylic oxidation sites excluding steroid dienone is 1. The number of carbonyl (C=O) groups excluding carboxylic acids is 1. The highest BCUT2D eigenvalue weighted by Gasteiger charge is 2.71. The highest BCUT2D eigenvalue weighted by molar-refractivity contribution is 5.73. The Hall–Kier alpha value is -1.36. The van der Waals surface area contributed by atoms with Crippen molar-refractivity contribution in [3.05, 3.63) is 12.2 Å². The average Bonchev–Trinajstić information content (AvgIpc) is 3.25. The van der Waals surface area contributed by atoms with Gasteiger partial charge in [0.25, 0.3) is 0 Å². The van der Waals surface area contributed by atoms with E-state index in [1.807, 2.05) is 13.8 Å². The number of aliphatic hydroxyl groups is 1. The van der Waals surface area contributed by atoms with Crippen molar-refractivity contribution in [3.8, 4) is 0 Å². The monoisotopic (exact) mass is 584 g/mol. The molecule has 5 fully saturated rings. The molecule has 0 aromatic rings. The van der Waals surface area contributed by atoms with Gasteiger partial charge in [0.05, 0.1) is 25.6 Å². The lowest BCUT2D eigenvalue weighted by Crippen LogP contribution is -2.66. The van der Waals surface area contributed by atoms with Crippen LogP contribution in [0.25, 0.3) is 0 Å². The molecule has 0 amide bonds. The molecule has 0 bridgehead atoms. The standard InChI is InChI=1S/C37H60O5/c1-23(2)24-12-17-37(22-42-30(41)21-32(3,4)20-29(39)40)19-18-35(8)25(31(24)37)10-11-27-34(7)15-14-28(38)33(5,6)26(34)13-16-36(27,35)9/h24-28,31,38H,1,10-22H2,2-9H3,(H,39,40)/t24-,25+,26-,27+,28-,31+,34-,35+,36+,37+/m0/s1. The van der Waals surface area contributed by atoms with Gasteiger partial charge in [0.15, 0.2) is 0 Å². The number of esters is 1. The summed E-state index contributed by atoms with van der Waals surface area (Å²) >= 11 is 0. The third-order valence-electron chi connectivity index (χ3n) is 15.0. The van der Waals surface area contributed by atoms with Crippen LogP contribution in [-0.2, 0) is 14.3 Å². The molecule has 0 unspecified atom stereocenters. The largest absolute Gasteiger partial charge is 0.481 e. The van der Waals surface area contributed by atoms with E-state index in [2.05, 4.69) is 48.1 Å². The smallest absolute Gasteiger partial charge is 0.306 e. The van der Waals surface area contributed by atoms with Crippen molar-refractivity contribution in [2.45, 2.75) is 139 Å². The van der Waals surface area contributed by atoms with Crippen LogP contribution in [0, 0.1) is 62.1 Å². The summed E-state index contributed by atoms with van der Waals surface area (Å²) in [5.74, 6) is 1.62. The Kier molecular flexibility index (Phi) is 7.89. The van der Waals surface area contributed by atoms with Crippen molar-refractivity contribution in [2.24, 2.45) is 62.1 Å². The third-order valence-corrected chi connectivity index (χ3v) is 15.0. The minimum absolute atomic E-state index is 0.0123. The van der Waals surface area contributed by atoms with Crippen molar-refractivity contribution >= 4 is 11.9 Å². The lowest BCUT2D eigenvalue weighted by Gasteiger charge is -2.73. The first-order valence-corrected chi connectivity index (χ1v) is 17.0. The van der Waals surface area contributed by atoms with Gasteiger partial charge >= 0.3 is 11.9 Å². The van der Waals surface area contributed by atoms with E-state index in [0.717, 1.165) is 32.1 Å². The number of fused-ring (bicyclic) bond motifs is 7. The Balaban J connectivity index is 1.42. The number of carboxylic acid groups (broad SMARTS) is 1. The summed E-state index contributed by atoms with van der Waals surface area (Å²) in [7, 11) is 0. The van der Waals surface area contributed by atoms with E-state index in [1.54, 1.807) is 0 Å².